The van der Waals surface area contributed by atoms with Gasteiger partial charge in [-0.1, -0.05) is 12.1 Å². The monoisotopic (exact) mass is 274 g/mol. The number of aromatic nitrogens is 2. The van der Waals surface area contributed by atoms with Crippen molar-refractivity contribution in [2.75, 3.05) is 0 Å². The number of nitrogens with zero attached hydrogens (tertiary/aromatic N) is 2. The minimum atomic E-state index is -1.13. The molecule has 0 atom stereocenters. The van der Waals surface area contributed by atoms with Crippen LogP contribution in [0.2, 0.25) is 0 Å². The average molecular weight is 274 g/mol. The quantitative estimate of drug-likeness (QED) is 0.876. The van der Waals surface area contributed by atoms with Crippen LogP contribution in [0, 0.1) is 13.8 Å². The second-order valence-corrected chi connectivity index (χ2v) is 4.59. The normalized spacial score (nSPS) is 10.5. The van der Waals surface area contributed by atoms with E-state index in [1.165, 1.54) is 0 Å². The fourth-order valence-electron chi connectivity index (χ4n) is 1.87. The van der Waals surface area contributed by atoms with Crippen molar-refractivity contribution in [2.24, 2.45) is 0 Å². The van der Waals surface area contributed by atoms with Gasteiger partial charge in [0.1, 0.15) is 11.4 Å². The van der Waals surface area contributed by atoms with Crippen molar-refractivity contribution in [1.82, 2.24) is 9.78 Å². The molecule has 0 saturated carbocycles. The number of rotatable bonds is 3. The van der Waals surface area contributed by atoms with Crippen LogP contribution in [0.1, 0.15) is 16.8 Å². The van der Waals surface area contributed by atoms with Crippen LogP contribution in [0.3, 0.4) is 0 Å². The Bertz CT molecular complexity index is 734. The maximum Gasteiger partial charge on any atom is 0.309 e. The number of benzene rings is 1. The number of hydrogen-bond acceptors (Lipinski definition) is 4. The molecular weight excluding hydrogens is 260 g/mol. The minimum absolute atomic E-state index is 0.0435. The summed E-state index contributed by atoms with van der Waals surface area (Å²) in [7, 11) is 0. The van der Waals surface area contributed by atoms with Crippen molar-refractivity contribution in [2.45, 2.75) is 20.3 Å². The molecule has 1 aromatic heterocycles. The molecule has 6 nitrogen and oxygen atoms in total. The Morgan fingerprint density at radius 2 is 2.00 bits per heavy atom. The van der Waals surface area contributed by atoms with Crippen LogP contribution >= 0.6 is 0 Å². The molecule has 104 valence electrons. The summed E-state index contributed by atoms with van der Waals surface area (Å²) < 4.78 is 1.11. The van der Waals surface area contributed by atoms with Crippen molar-refractivity contribution in [3.8, 4) is 11.4 Å². The lowest BCUT2D eigenvalue weighted by atomic mass is 10.1. The van der Waals surface area contributed by atoms with Crippen LogP contribution < -0.4 is 5.56 Å². The van der Waals surface area contributed by atoms with Gasteiger partial charge in [-0.15, -0.1) is 0 Å². The standard InChI is InChI=1S/C14H14N2O4/c1-8-3-4-9(2)11(5-8)16-13(18)7-12(17)10(15-16)6-14(19)20/h3-5,7,17H,6H2,1-2H3,(H,19,20). The lowest BCUT2D eigenvalue weighted by molar-refractivity contribution is -0.136. The number of carboxylic acid groups (broad SMARTS) is 1. The van der Waals surface area contributed by atoms with Crippen LogP contribution in [-0.4, -0.2) is 26.0 Å². The Morgan fingerprint density at radius 1 is 1.30 bits per heavy atom. The van der Waals surface area contributed by atoms with E-state index in [1.54, 1.807) is 6.07 Å². The van der Waals surface area contributed by atoms with E-state index in [9.17, 15) is 14.7 Å². The van der Waals surface area contributed by atoms with Crippen LogP contribution in [0.15, 0.2) is 29.1 Å². The molecule has 2 rings (SSSR count). The number of carboxylic acids is 1. The summed E-state index contributed by atoms with van der Waals surface area (Å²) in [6, 6.07) is 6.52. The zero-order valence-electron chi connectivity index (χ0n) is 11.1. The van der Waals surface area contributed by atoms with E-state index in [2.05, 4.69) is 5.10 Å². The third-order valence-electron chi connectivity index (χ3n) is 2.90. The molecule has 1 aromatic carbocycles. The van der Waals surface area contributed by atoms with Crippen molar-refractivity contribution in [1.29, 1.82) is 0 Å². The largest absolute Gasteiger partial charge is 0.506 e. The zero-order chi connectivity index (χ0) is 14.9. The summed E-state index contributed by atoms with van der Waals surface area (Å²) in [5.41, 5.74) is 1.80. The topological polar surface area (TPSA) is 92.4 Å². The first-order chi connectivity index (χ1) is 9.38. The van der Waals surface area contributed by atoms with Crippen molar-refractivity contribution < 1.29 is 15.0 Å². The maximum absolute atomic E-state index is 11.9. The number of hydrogen-bond donors (Lipinski definition) is 2. The van der Waals surface area contributed by atoms with Gasteiger partial charge in [0.05, 0.1) is 12.1 Å². The molecule has 1 heterocycles. The summed E-state index contributed by atoms with van der Waals surface area (Å²) in [5.74, 6) is -1.53. The Balaban J connectivity index is 2.64. The Hall–Kier alpha value is -2.63. The van der Waals surface area contributed by atoms with E-state index < -0.39 is 23.7 Å². The molecule has 0 unspecified atom stereocenters. The van der Waals surface area contributed by atoms with Crippen molar-refractivity contribution in [3.05, 3.63) is 51.4 Å². The predicted molar refractivity (Wildman–Crippen MR) is 72.3 cm³/mol. The molecule has 0 aliphatic rings. The van der Waals surface area contributed by atoms with Gasteiger partial charge in [0.2, 0.25) is 0 Å². The molecule has 2 aromatic rings. The van der Waals surface area contributed by atoms with E-state index in [4.69, 9.17) is 5.11 Å². The first-order valence-corrected chi connectivity index (χ1v) is 6.00. The molecule has 0 saturated heterocycles. The van der Waals surface area contributed by atoms with Gasteiger partial charge in [-0.25, -0.2) is 0 Å². The third kappa shape index (κ3) is 2.69. The van der Waals surface area contributed by atoms with Gasteiger partial charge in [0.25, 0.3) is 5.56 Å². The van der Waals surface area contributed by atoms with Crippen LogP contribution in [0.5, 0.6) is 5.75 Å². The molecule has 0 spiro atoms. The average Bonchev–Trinajstić information content (AvgIpc) is 2.35. The summed E-state index contributed by atoms with van der Waals surface area (Å²) in [5, 5.41) is 22.3. The first-order valence-electron chi connectivity index (χ1n) is 6.00. The summed E-state index contributed by atoms with van der Waals surface area (Å²) in [6.45, 7) is 3.71. The highest BCUT2D eigenvalue weighted by atomic mass is 16.4. The molecule has 0 aliphatic carbocycles. The van der Waals surface area contributed by atoms with Crippen molar-refractivity contribution in [3.63, 3.8) is 0 Å². The third-order valence-corrected chi connectivity index (χ3v) is 2.90. The highest BCUT2D eigenvalue weighted by Crippen LogP contribution is 2.16. The van der Waals surface area contributed by atoms with E-state index in [-0.39, 0.29) is 5.69 Å². The van der Waals surface area contributed by atoms with Gasteiger partial charge in [-0.2, -0.15) is 9.78 Å². The SMILES string of the molecule is Cc1ccc(C)c(-n2nc(CC(=O)O)c(O)cc2=O)c1. The lowest BCUT2D eigenvalue weighted by Crippen LogP contribution is -2.23. The van der Waals surface area contributed by atoms with Crippen LogP contribution in [0.4, 0.5) is 0 Å². The number of carbonyl (C=O) groups is 1. The fraction of sp³-hybridized carbons (Fsp3) is 0.214. The van der Waals surface area contributed by atoms with Gasteiger partial charge in [-0.3, -0.25) is 9.59 Å². The van der Waals surface area contributed by atoms with E-state index in [1.807, 2.05) is 26.0 Å². The predicted octanol–water partition coefficient (Wildman–Crippen LogP) is 1.18. The van der Waals surface area contributed by atoms with Gasteiger partial charge >= 0.3 is 5.97 Å². The molecule has 2 N–H and O–H groups in total. The van der Waals surface area contributed by atoms with E-state index >= 15 is 0 Å². The van der Waals surface area contributed by atoms with Gasteiger partial charge in [0.15, 0.2) is 0 Å². The minimum Gasteiger partial charge on any atom is -0.506 e. The molecule has 20 heavy (non-hydrogen) atoms. The van der Waals surface area contributed by atoms with E-state index in [0.717, 1.165) is 21.9 Å². The van der Waals surface area contributed by atoms with Crippen LogP contribution in [-0.2, 0) is 11.2 Å². The second kappa shape index (κ2) is 5.16. The molecule has 0 aliphatic heterocycles. The Kier molecular flexibility index (Phi) is 3.56. The Morgan fingerprint density at radius 3 is 2.65 bits per heavy atom. The highest BCUT2D eigenvalue weighted by molar-refractivity contribution is 5.70. The van der Waals surface area contributed by atoms with Gasteiger partial charge in [-0.05, 0) is 31.0 Å². The molecule has 0 fully saturated rings. The smallest absolute Gasteiger partial charge is 0.309 e. The number of aliphatic carboxylic acids is 1. The van der Waals surface area contributed by atoms with Crippen molar-refractivity contribution >= 4 is 5.97 Å². The van der Waals surface area contributed by atoms with E-state index in [0.29, 0.717) is 5.69 Å². The first kappa shape index (κ1) is 13.8. The maximum atomic E-state index is 11.9. The summed E-state index contributed by atoms with van der Waals surface area (Å²) in [4.78, 5) is 22.7. The van der Waals surface area contributed by atoms with Gasteiger partial charge in [0, 0.05) is 6.07 Å². The number of aryl methyl sites for hydroxylation is 2. The molecule has 0 bridgehead atoms. The molecule has 0 radical (unpaired) electrons. The zero-order valence-corrected chi connectivity index (χ0v) is 11.1. The molecule has 6 heteroatoms. The molecule has 0 amide bonds. The number of aromatic hydroxyl groups is 1. The Labute approximate surface area is 114 Å². The fourth-order valence-corrected chi connectivity index (χ4v) is 1.87. The van der Waals surface area contributed by atoms with Gasteiger partial charge < -0.3 is 10.2 Å². The summed E-state index contributed by atoms with van der Waals surface area (Å²) >= 11 is 0. The summed E-state index contributed by atoms with van der Waals surface area (Å²) in [6.07, 6.45) is -0.447. The second-order valence-electron chi connectivity index (χ2n) is 4.59. The molecular formula is C14H14N2O4. The lowest BCUT2D eigenvalue weighted by Gasteiger charge is -2.11. The van der Waals surface area contributed by atoms with Crippen LogP contribution in [0.25, 0.3) is 5.69 Å². The highest BCUT2D eigenvalue weighted by Gasteiger charge is 2.13.